The van der Waals surface area contributed by atoms with Crippen LogP contribution in [0.15, 0.2) is 54.6 Å². The number of alkyl carbamates (subject to hydrolysis) is 1. The highest BCUT2D eigenvalue weighted by molar-refractivity contribution is 5.67. The normalized spacial score (nSPS) is 11.6. The molecule has 1 atom stereocenters. The summed E-state index contributed by atoms with van der Waals surface area (Å²) >= 11 is 0. The lowest BCUT2D eigenvalue weighted by Crippen LogP contribution is -2.25. The molecule has 0 bridgehead atoms. The number of nitrogens with one attached hydrogen (secondary N) is 1. The van der Waals surface area contributed by atoms with Gasteiger partial charge in [0, 0.05) is 32.2 Å². The third kappa shape index (κ3) is 5.33. The molecular weight excluding hydrogens is 288 g/mol. The maximum Gasteiger partial charge on any atom is 0.407 e. The molecule has 0 saturated carbocycles. The first-order chi connectivity index (χ1) is 11.1. The Labute approximate surface area is 138 Å². The molecule has 23 heavy (non-hydrogen) atoms. The van der Waals surface area contributed by atoms with E-state index in [1.165, 1.54) is 5.56 Å². The summed E-state index contributed by atoms with van der Waals surface area (Å²) in [7, 11) is 4.00. The molecule has 0 aliphatic carbocycles. The van der Waals surface area contributed by atoms with Crippen molar-refractivity contribution >= 4 is 11.8 Å². The lowest BCUT2D eigenvalue weighted by atomic mass is 10.0. The van der Waals surface area contributed by atoms with Gasteiger partial charge in [-0.25, -0.2) is 4.79 Å². The highest BCUT2D eigenvalue weighted by Gasteiger charge is 2.09. The van der Waals surface area contributed by atoms with Crippen molar-refractivity contribution in [3.63, 3.8) is 0 Å². The van der Waals surface area contributed by atoms with E-state index in [2.05, 4.69) is 5.32 Å². The zero-order chi connectivity index (χ0) is 16.7. The fraction of sp³-hybridized carbons (Fsp3) is 0.316. The minimum Gasteiger partial charge on any atom is -0.449 e. The van der Waals surface area contributed by atoms with Crippen LogP contribution in [0.5, 0.6) is 0 Å². The van der Waals surface area contributed by atoms with E-state index in [-0.39, 0.29) is 12.0 Å². The van der Waals surface area contributed by atoms with E-state index in [0.29, 0.717) is 13.2 Å². The summed E-state index contributed by atoms with van der Waals surface area (Å²) in [5, 5.41) is 2.78. The van der Waals surface area contributed by atoms with Crippen LogP contribution in [0.2, 0.25) is 0 Å². The van der Waals surface area contributed by atoms with Crippen LogP contribution in [0.3, 0.4) is 0 Å². The van der Waals surface area contributed by atoms with Crippen molar-refractivity contribution in [3.8, 4) is 0 Å². The minimum atomic E-state index is -0.385. The summed E-state index contributed by atoms with van der Waals surface area (Å²) in [5.41, 5.74) is 3.34. The number of carbonyl (C=O) groups is 1. The van der Waals surface area contributed by atoms with Crippen LogP contribution < -0.4 is 10.2 Å². The predicted molar refractivity (Wildman–Crippen MR) is 93.8 cm³/mol. The fourth-order valence-electron chi connectivity index (χ4n) is 2.22. The number of rotatable bonds is 6. The van der Waals surface area contributed by atoms with Crippen LogP contribution in [-0.2, 0) is 11.3 Å². The van der Waals surface area contributed by atoms with Crippen molar-refractivity contribution in [3.05, 3.63) is 65.7 Å². The molecule has 0 radical (unpaired) electrons. The zero-order valence-electron chi connectivity index (χ0n) is 14.0. The SMILES string of the molecule is CC(COC(=O)NCc1ccc(N(C)C)cc1)c1ccccc1. The van der Waals surface area contributed by atoms with Crippen molar-refractivity contribution < 1.29 is 9.53 Å². The average molecular weight is 312 g/mol. The Balaban J connectivity index is 1.74. The molecule has 4 heteroatoms. The molecule has 1 N–H and O–H groups in total. The topological polar surface area (TPSA) is 41.6 Å². The van der Waals surface area contributed by atoms with E-state index in [1.54, 1.807) is 0 Å². The molecule has 2 aromatic carbocycles. The quantitative estimate of drug-likeness (QED) is 0.882. The number of anilines is 1. The number of hydrogen-bond donors (Lipinski definition) is 1. The van der Waals surface area contributed by atoms with Crippen LogP contribution in [0.25, 0.3) is 0 Å². The van der Waals surface area contributed by atoms with Crippen molar-refractivity contribution in [2.75, 3.05) is 25.6 Å². The molecule has 1 amide bonds. The molecule has 4 nitrogen and oxygen atoms in total. The van der Waals surface area contributed by atoms with Gasteiger partial charge in [0.15, 0.2) is 0 Å². The standard InChI is InChI=1S/C19H24N2O2/c1-15(17-7-5-4-6-8-17)14-23-19(22)20-13-16-9-11-18(12-10-16)21(2)3/h4-12,15H,13-14H2,1-3H3,(H,20,22). The second-order valence-corrected chi connectivity index (χ2v) is 5.82. The molecule has 0 aliphatic heterocycles. The molecule has 0 aromatic heterocycles. The van der Waals surface area contributed by atoms with Crippen LogP contribution >= 0.6 is 0 Å². The summed E-state index contributed by atoms with van der Waals surface area (Å²) in [5.74, 6) is 0.182. The Morgan fingerprint density at radius 2 is 1.74 bits per heavy atom. The third-order valence-corrected chi connectivity index (χ3v) is 3.72. The second-order valence-electron chi connectivity index (χ2n) is 5.82. The largest absolute Gasteiger partial charge is 0.449 e. The zero-order valence-corrected chi connectivity index (χ0v) is 14.0. The Morgan fingerprint density at radius 1 is 1.09 bits per heavy atom. The van der Waals surface area contributed by atoms with Gasteiger partial charge in [-0.2, -0.15) is 0 Å². The molecule has 0 heterocycles. The maximum atomic E-state index is 11.8. The number of nitrogens with zero attached hydrogens (tertiary/aromatic N) is 1. The number of hydrogen-bond acceptors (Lipinski definition) is 3. The van der Waals surface area contributed by atoms with Crippen LogP contribution in [-0.4, -0.2) is 26.8 Å². The van der Waals surface area contributed by atoms with Gasteiger partial charge in [0.05, 0.1) is 6.61 Å². The Hall–Kier alpha value is -2.49. The maximum absolute atomic E-state index is 11.8. The van der Waals surface area contributed by atoms with Gasteiger partial charge in [0.2, 0.25) is 0 Å². The number of ether oxygens (including phenoxy) is 1. The van der Waals surface area contributed by atoms with Crippen molar-refractivity contribution in [1.82, 2.24) is 5.32 Å². The summed E-state index contributed by atoms with van der Waals surface area (Å²) in [6, 6.07) is 18.1. The predicted octanol–water partition coefficient (Wildman–Crippen LogP) is 3.78. The summed E-state index contributed by atoms with van der Waals surface area (Å²) in [4.78, 5) is 13.8. The minimum absolute atomic E-state index is 0.182. The lowest BCUT2D eigenvalue weighted by molar-refractivity contribution is 0.140. The molecule has 0 fully saturated rings. The van der Waals surface area contributed by atoms with E-state index in [9.17, 15) is 4.79 Å². The highest BCUT2D eigenvalue weighted by Crippen LogP contribution is 2.15. The van der Waals surface area contributed by atoms with Crippen molar-refractivity contribution in [2.45, 2.75) is 19.4 Å². The van der Waals surface area contributed by atoms with Gasteiger partial charge >= 0.3 is 6.09 Å². The average Bonchev–Trinajstić information content (AvgIpc) is 2.59. The third-order valence-electron chi connectivity index (χ3n) is 3.72. The monoisotopic (exact) mass is 312 g/mol. The highest BCUT2D eigenvalue weighted by atomic mass is 16.5. The van der Waals surface area contributed by atoms with Crippen LogP contribution in [0.4, 0.5) is 10.5 Å². The molecule has 122 valence electrons. The van der Waals surface area contributed by atoms with Gasteiger partial charge in [0.1, 0.15) is 0 Å². The lowest BCUT2D eigenvalue weighted by Gasteiger charge is -2.14. The second kappa shape index (κ2) is 8.22. The molecule has 1 unspecified atom stereocenters. The molecular formula is C19H24N2O2. The Bertz CT molecular complexity index is 609. The van der Waals surface area contributed by atoms with Gasteiger partial charge in [-0.3, -0.25) is 0 Å². The van der Waals surface area contributed by atoms with E-state index >= 15 is 0 Å². The smallest absolute Gasteiger partial charge is 0.407 e. The summed E-state index contributed by atoms with van der Waals surface area (Å²) in [6.07, 6.45) is -0.385. The van der Waals surface area contributed by atoms with Gasteiger partial charge in [-0.05, 0) is 23.3 Å². The van der Waals surface area contributed by atoms with Crippen LogP contribution in [0.1, 0.15) is 24.0 Å². The van der Waals surface area contributed by atoms with Crippen LogP contribution in [0, 0.1) is 0 Å². The van der Waals surface area contributed by atoms with Gasteiger partial charge in [0.25, 0.3) is 0 Å². The van der Waals surface area contributed by atoms with Gasteiger partial charge in [-0.15, -0.1) is 0 Å². The fourth-order valence-corrected chi connectivity index (χ4v) is 2.22. The first kappa shape index (κ1) is 16.9. The molecule has 2 aromatic rings. The van der Waals surface area contributed by atoms with E-state index in [0.717, 1.165) is 11.3 Å². The summed E-state index contributed by atoms with van der Waals surface area (Å²) < 4.78 is 5.28. The number of carbonyl (C=O) groups excluding carboxylic acids is 1. The molecule has 2 rings (SSSR count). The van der Waals surface area contributed by atoms with E-state index < -0.39 is 0 Å². The molecule has 0 aliphatic rings. The Kier molecular flexibility index (Phi) is 6.03. The molecule has 0 spiro atoms. The Morgan fingerprint density at radius 3 is 2.35 bits per heavy atom. The van der Waals surface area contributed by atoms with Crippen molar-refractivity contribution in [2.24, 2.45) is 0 Å². The number of amides is 1. The van der Waals surface area contributed by atoms with Gasteiger partial charge < -0.3 is 15.0 Å². The first-order valence-electron chi connectivity index (χ1n) is 7.78. The first-order valence-corrected chi connectivity index (χ1v) is 7.78. The van der Waals surface area contributed by atoms with E-state index in [4.69, 9.17) is 4.74 Å². The van der Waals surface area contributed by atoms with Crippen molar-refractivity contribution in [1.29, 1.82) is 0 Å². The van der Waals surface area contributed by atoms with Gasteiger partial charge in [-0.1, -0.05) is 49.4 Å². The van der Waals surface area contributed by atoms with E-state index in [1.807, 2.05) is 80.5 Å². The summed E-state index contributed by atoms with van der Waals surface area (Å²) in [6.45, 7) is 2.88. The molecule has 0 saturated heterocycles. The number of benzene rings is 2.